The van der Waals surface area contributed by atoms with Crippen LogP contribution in [0.15, 0.2) is 97.1 Å². The fraction of sp³-hybridized carbons (Fsp3) is 0.238. The Labute approximate surface area is 302 Å². The Bertz CT molecular complexity index is 2160. The fourth-order valence-corrected chi connectivity index (χ4v) is 6.99. The molecule has 10 heteroatoms. The van der Waals surface area contributed by atoms with Crippen LogP contribution in [-0.4, -0.2) is 85.2 Å². The summed E-state index contributed by atoms with van der Waals surface area (Å²) in [5.74, 6) is 2.13. The lowest BCUT2D eigenvalue weighted by Gasteiger charge is -2.44. The highest BCUT2D eigenvalue weighted by atomic mass is 16.5. The molecule has 0 aliphatic carbocycles. The van der Waals surface area contributed by atoms with Gasteiger partial charge in [-0.05, 0) is 74.5 Å². The summed E-state index contributed by atoms with van der Waals surface area (Å²) >= 11 is 0. The van der Waals surface area contributed by atoms with E-state index in [-0.39, 0.29) is 23.9 Å². The predicted octanol–water partition coefficient (Wildman–Crippen LogP) is 7.53. The first-order valence-corrected chi connectivity index (χ1v) is 17.1. The Hall–Kier alpha value is -6.16. The zero-order valence-electron chi connectivity index (χ0n) is 30.0. The van der Waals surface area contributed by atoms with Gasteiger partial charge in [-0.25, -0.2) is 9.97 Å². The molecule has 7 rings (SSSR count). The van der Waals surface area contributed by atoms with Gasteiger partial charge in [0.25, 0.3) is 11.8 Å². The molecule has 0 bridgehead atoms. The van der Waals surface area contributed by atoms with Gasteiger partial charge in [0.1, 0.15) is 0 Å². The number of benzene rings is 4. The lowest BCUT2D eigenvalue weighted by Crippen LogP contribution is -2.59. The number of hydrogen-bond acceptors (Lipinski definition) is 8. The molecule has 0 spiro atoms. The summed E-state index contributed by atoms with van der Waals surface area (Å²) in [5.41, 5.74) is 5.41. The second-order valence-electron chi connectivity index (χ2n) is 12.9. The van der Waals surface area contributed by atoms with Crippen LogP contribution < -0.4 is 18.9 Å². The maximum absolute atomic E-state index is 14.5. The minimum atomic E-state index is -0.262. The molecular weight excluding hydrogens is 656 g/mol. The van der Waals surface area contributed by atoms with Crippen molar-refractivity contribution < 1.29 is 28.5 Å². The smallest absolute Gasteiger partial charge is 0.254 e. The number of piperazine rings is 1. The van der Waals surface area contributed by atoms with Crippen LogP contribution in [0.4, 0.5) is 0 Å². The van der Waals surface area contributed by atoms with Gasteiger partial charge in [-0.15, -0.1) is 0 Å². The number of pyridine rings is 2. The van der Waals surface area contributed by atoms with Crippen molar-refractivity contribution in [3.8, 4) is 45.5 Å². The van der Waals surface area contributed by atoms with E-state index in [0.717, 1.165) is 21.9 Å². The zero-order valence-corrected chi connectivity index (χ0v) is 30.0. The van der Waals surface area contributed by atoms with Gasteiger partial charge in [-0.3, -0.25) is 9.59 Å². The van der Waals surface area contributed by atoms with E-state index < -0.39 is 0 Å². The number of rotatable bonds is 8. The summed E-state index contributed by atoms with van der Waals surface area (Å²) < 4.78 is 21.9. The van der Waals surface area contributed by atoms with Crippen LogP contribution in [0.2, 0.25) is 0 Å². The molecule has 1 saturated heterocycles. The minimum absolute atomic E-state index is 0.114. The van der Waals surface area contributed by atoms with Gasteiger partial charge in [0.2, 0.25) is 0 Å². The van der Waals surface area contributed by atoms with Crippen LogP contribution in [-0.2, 0) is 0 Å². The first-order chi connectivity index (χ1) is 25.2. The highest BCUT2D eigenvalue weighted by Gasteiger charge is 2.36. The van der Waals surface area contributed by atoms with E-state index in [2.05, 4.69) is 0 Å². The normalized spacial score (nSPS) is 15.8. The molecule has 6 aromatic rings. The number of hydrogen-bond donors (Lipinski definition) is 0. The molecule has 4 aromatic carbocycles. The van der Waals surface area contributed by atoms with Gasteiger partial charge >= 0.3 is 0 Å². The summed E-state index contributed by atoms with van der Waals surface area (Å²) in [5, 5.41) is 1.53. The minimum Gasteiger partial charge on any atom is -0.493 e. The molecule has 3 heterocycles. The number of amides is 2. The highest BCUT2D eigenvalue weighted by molar-refractivity contribution is 6.09. The van der Waals surface area contributed by atoms with Gasteiger partial charge in [0.05, 0.1) is 62.0 Å². The van der Waals surface area contributed by atoms with Crippen LogP contribution in [0, 0.1) is 0 Å². The van der Waals surface area contributed by atoms with Crippen LogP contribution >= 0.6 is 0 Å². The summed E-state index contributed by atoms with van der Waals surface area (Å²) in [4.78, 5) is 42.6. The van der Waals surface area contributed by atoms with E-state index in [1.807, 2.05) is 121 Å². The Morgan fingerprint density at radius 2 is 0.923 bits per heavy atom. The van der Waals surface area contributed by atoms with Gasteiger partial charge < -0.3 is 28.7 Å². The molecule has 1 fully saturated rings. The second kappa shape index (κ2) is 14.2. The maximum Gasteiger partial charge on any atom is 0.254 e. The third-order valence-corrected chi connectivity index (χ3v) is 9.76. The first kappa shape index (κ1) is 34.3. The average Bonchev–Trinajstić information content (AvgIpc) is 3.19. The van der Waals surface area contributed by atoms with Gasteiger partial charge in [-0.1, -0.05) is 36.4 Å². The standard InChI is InChI=1S/C42H40N4O6/c1-25-23-46(42(48)32-22-36(44-34-14-10-8-12-30(32)34)28-16-18-38(50-4)40(20-28)52-6)26(2)24-45(25)41(47)31-21-35(43-33-13-9-7-11-29(31)33)27-15-17-37(49-3)39(19-27)51-5/h7-22,25-26H,23-24H2,1-6H3. The summed E-state index contributed by atoms with van der Waals surface area (Å²) in [7, 11) is 6.36. The number of carbonyl (C=O) groups is 2. The van der Waals surface area contributed by atoms with Crippen molar-refractivity contribution in [1.82, 2.24) is 19.8 Å². The molecule has 2 atom stereocenters. The molecule has 2 amide bonds. The first-order valence-electron chi connectivity index (χ1n) is 17.1. The summed E-state index contributed by atoms with van der Waals surface area (Å²) in [6.45, 7) is 4.70. The van der Waals surface area contributed by atoms with Crippen molar-refractivity contribution in [2.24, 2.45) is 0 Å². The molecule has 264 valence electrons. The molecular formula is C42H40N4O6. The van der Waals surface area contributed by atoms with E-state index in [9.17, 15) is 9.59 Å². The lowest BCUT2D eigenvalue weighted by molar-refractivity contribution is 0.0272. The maximum atomic E-state index is 14.5. The number of methoxy groups -OCH3 is 4. The average molecular weight is 697 g/mol. The van der Waals surface area contributed by atoms with E-state index in [1.165, 1.54) is 0 Å². The number of ether oxygens (including phenoxy) is 4. The molecule has 10 nitrogen and oxygen atoms in total. The highest BCUT2D eigenvalue weighted by Crippen LogP contribution is 2.36. The van der Waals surface area contributed by atoms with Crippen LogP contribution in [0.25, 0.3) is 44.3 Å². The quantitative estimate of drug-likeness (QED) is 0.161. The molecule has 2 unspecified atom stereocenters. The molecule has 2 aromatic heterocycles. The Morgan fingerprint density at radius 3 is 1.31 bits per heavy atom. The number of aromatic nitrogens is 2. The second-order valence-corrected chi connectivity index (χ2v) is 12.9. The Balaban J connectivity index is 1.20. The Kier molecular flexibility index (Phi) is 9.38. The largest absolute Gasteiger partial charge is 0.493 e. The van der Waals surface area contributed by atoms with Gasteiger partial charge in [-0.2, -0.15) is 0 Å². The molecule has 0 N–H and O–H groups in total. The van der Waals surface area contributed by atoms with Crippen LogP contribution in [0.3, 0.4) is 0 Å². The molecule has 1 aliphatic heterocycles. The fourth-order valence-electron chi connectivity index (χ4n) is 6.99. The van der Waals surface area contributed by atoms with Crippen molar-refractivity contribution in [3.63, 3.8) is 0 Å². The van der Waals surface area contributed by atoms with E-state index in [0.29, 0.717) is 69.6 Å². The monoisotopic (exact) mass is 696 g/mol. The van der Waals surface area contributed by atoms with Gasteiger partial charge in [0.15, 0.2) is 23.0 Å². The zero-order chi connectivity index (χ0) is 36.5. The summed E-state index contributed by atoms with van der Waals surface area (Å²) in [6.07, 6.45) is 0. The third-order valence-electron chi connectivity index (χ3n) is 9.76. The van der Waals surface area contributed by atoms with E-state index >= 15 is 0 Å². The number of nitrogens with zero attached hydrogens (tertiary/aromatic N) is 4. The van der Waals surface area contributed by atoms with Crippen molar-refractivity contribution in [1.29, 1.82) is 0 Å². The number of carbonyl (C=O) groups excluding carboxylic acids is 2. The van der Waals surface area contributed by atoms with Crippen molar-refractivity contribution in [3.05, 3.63) is 108 Å². The number of fused-ring (bicyclic) bond motifs is 2. The SMILES string of the molecule is COc1ccc(-c2cc(C(=O)N3CC(C)N(C(=O)c4cc(-c5ccc(OC)c(OC)c5)nc5ccccc45)CC3C)c3ccccc3n2)cc1OC. The van der Waals surface area contributed by atoms with Crippen molar-refractivity contribution in [2.75, 3.05) is 41.5 Å². The third kappa shape index (κ3) is 6.21. The van der Waals surface area contributed by atoms with Gasteiger partial charge in [0, 0.05) is 47.1 Å². The predicted molar refractivity (Wildman–Crippen MR) is 202 cm³/mol. The van der Waals surface area contributed by atoms with Crippen LogP contribution in [0.5, 0.6) is 23.0 Å². The van der Waals surface area contributed by atoms with E-state index in [1.54, 1.807) is 28.4 Å². The van der Waals surface area contributed by atoms with Crippen molar-refractivity contribution in [2.45, 2.75) is 25.9 Å². The van der Waals surface area contributed by atoms with Crippen molar-refractivity contribution >= 4 is 33.6 Å². The molecule has 0 radical (unpaired) electrons. The summed E-state index contributed by atoms with van der Waals surface area (Å²) in [6, 6.07) is 29.7. The lowest BCUT2D eigenvalue weighted by atomic mass is 9.99. The van der Waals surface area contributed by atoms with E-state index in [4.69, 9.17) is 28.9 Å². The molecule has 1 aliphatic rings. The topological polar surface area (TPSA) is 103 Å². The van der Waals surface area contributed by atoms with Crippen LogP contribution in [0.1, 0.15) is 34.6 Å². The molecule has 52 heavy (non-hydrogen) atoms. The molecule has 0 saturated carbocycles. The Morgan fingerprint density at radius 1 is 0.538 bits per heavy atom. The number of para-hydroxylation sites is 2.